The van der Waals surface area contributed by atoms with Gasteiger partial charge in [0.1, 0.15) is 0 Å². The van der Waals surface area contributed by atoms with Crippen molar-refractivity contribution in [2.45, 2.75) is 6.92 Å². The molecule has 7 heteroatoms. The van der Waals surface area contributed by atoms with Gasteiger partial charge in [0, 0.05) is 14.0 Å². The summed E-state index contributed by atoms with van der Waals surface area (Å²) in [4.78, 5) is 11.5. The molecular weight excluding hydrogens is 152 g/mol. The highest BCUT2D eigenvalue weighted by Crippen LogP contribution is 1.84. The maximum absolute atomic E-state index is 10.5. The lowest BCUT2D eigenvalue weighted by atomic mass is 10.6. The van der Waals surface area contributed by atoms with Gasteiger partial charge in [-0.2, -0.15) is 0 Å². The SMILES string of the molecule is CC(=O)N(C)/C(N)=N/N(O)O. The molecule has 0 saturated heterocycles. The Hall–Kier alpha value is -1.34. The van der Waals surface area contributed by atoms with E-state index >= 15 is 0 Å². The van der Waals surface area contributed by atoms with Crippen LogP contribution in [0.25, 0.3) is 0 Å². The molecule has 0 aromatic rings. The van der Waals surface area contributed by atoms with Crippen molar-refractivity contribution in [3.63, 3.8) is 0 Å². The van der Waals surface area contributed by atoms with Crippen molar-refractivity contribution in [2.75, 3.05) is 7.05 Å². The molecule has 0 aromatic carbocycles. The van der Waals surface area contributed by atoms with Crippen molar-refractivity contribution in [1.29, 1.82) is 0 Å². The van der Waals surface area contributed by atoms with Crippen molar-refractivity contribution >= 4 is 11.9 Å². The highest BCUT2D eigenvalue weighted by atomic mass is 16.8. The van der Waals surface area contributed by atoms with Gasteiger partial charge in [-0.15, -0.1) is 0 Å². The summed E-state index contributed by atoms with van der Waals surface area (Å²) in [5.74, 6) is -0.657. The predicted octanol–water partition coefficient (Wildman–Crippen LogP) is -1.23. The zero-order valence-electron chi connectivity index (χ0n) is 6.22. The van der Waals surface area contributed by atoms with Crippen LogP contribution in [-0.2, 0) is 4.79 Å². The highest BCUT2D eigenvalue weighted by Gasteiger charge is 2.06. The topological polar surface area (TPSA) is 102 Å². The predicted molar refractivity (Wildman–Crippen MR) is 35.5 cm³/mol. The molecule has 0 aromatic heterocycles. The first-order valence-electron chi connectivity index (χ1n) is 2.71. The van der Waals surface area contributed by atoms with E-state index in [0.717, 1.165) is 4.90 Å². The van der Waals surface area contributed by atoms with E-state index in [-0.39, 0.29) is 11.9 Å². The minimum Gasteiger partial charge on any atom is -0.368 e. The first-order valence-corrected chi connectivity index (χ1v) is 2.71. The highest BCUT2D eigenvalue weighted by molar-refractivity contribution is 5.94. The van der Waals surface area contributed by atoms with E-state index in [1.165, 1.54) is 14.0 Å². The standard InChI is InChI=1S/C4H10N4O3/c1-3(9)7(2)4(5)6-8(10)11/h10-11H,1-2H3,(H2,5,6). The van der Waals surface area contributed by atoms with Crippen LogP contribution in [0.1, 0.15) is 6.92 Å². The fourth-order valence-electron chi connectivity index (χ4n) is 0.320. The lowest BCUT2D eigenvalue weighted by Crippen LogP contribution is -2.38. The third-order valence-electron chi connectivity index (χ3n) is 1.01. The Bertz CT molecular complexity index is 178. The van der Waals surface area contributed by atoms with Crippen molar-refractivity contribution in [3.05, 3.63) is 0 Å². The van der Waals surface area contributed by atoms with E-state index in [1.807, 2.05) is 0 Å². The quantitative estimate of drug-likeness (QED) is 0.254. The van der Waals surface area contributed by atoms with Gasteiger partial charge in [-0.1, -0.05) is 5.10 Å². The Morgan fingerprint density at radius 1 is 1.55 bits per heavy atom. The first-order chi connectivity index (χ1) is 4.95. The Morgan fingerprint density at radius 2 is 2.00 bits per heavy atom. The molecule has 0 heterocycles. The Balaban J connectivity index is 4.23. The van der Waals surface area contributed by atoms with Crippen molar-refractivity contribution in [3.8, 4) is 0 Å². The molecule has 7 nitrogen and oxygen atoms in total. The monoisotopic (exact) mass is 162 g/mol. The van der Waals surface area contributed by atoms with Gasteiger partial charge in [0.05, 0.1) is 0 Å². The first kappa shape index (κ1) is 9.66. The Labute approximate surface area is 63.2 Å². The maximum atomic E-state index is 10.5. The van der Waals surface area contributed by atoms with Crippen LogP contribution >= 0.6 is 0 Å². The van der Waals surface area contributed by atoms with Crippen LogP contribution in [0.2, 0.25) is 0 Å². The Morgan fingerprint density at radius 3 is 2.27 bits per heavy atom. The third kappa shape index (κ3) is 3.38. The largest absolute Gasteiger partial charge is 0.368 e. The average molecular weight is 162 g/mol. The fourth-order valence-corrected chi connectivity index (χ4v) is 0.320. The summed E-state index contributed by atoms with van der Waals surface area (Å²) in [6.45, 7) is 1.27. The van der Waals surface area contributed by atoms with Crippen LogP contribution in [-0.4, -0.2) is 39.6 Å². The molecule has 0 aliphatic rings. The third-order valence-corrected chi connectivity index (χ3v) is 1.01. The minimum absolute atomic E-state index is 0.303. The van der Waals surface area contributed by atoms with Crippen molar-refractivity contribution in [1.82, 2.24) is 10.2 Å². The molecule has 0 spiro atoms. The second kappa shape index (κ2) is 3.74. The summed E-state index contributed by atoms with van der Waals surface area (Å²) < 4.78 is 0. The summed E-state index contributed by atoms with van der Waals surface area (Å²) in [7, 11) is 1.35. The van der Waals surface area contributed by atoms with E-state index in [1.54, 1.807) is 0 Å². The van der Waals surface area contributed by atoms with Crippen LogP contribution in [0.3, 0.4) is 0 Å². The van der Waals surface area contributed by atoms with Crippen LogP contribution < -0.4 is 5.73 Å². The zero-order chi connectivity index (χ0) is 9.02. The number of hydrogen-bond donors (Lipinski definition) is 3. The van der Waals surface area contributed by atoms with Crippen LogP contribution in [0.4, 0.5) is 0 Å². The van der Waals surface area contributed by atoms with Crippen molar-refractivity contribution < 1.29 is 15.2 Å². The molecular formula is C4H10N4O3. The van der Waals surface area contributed by atoms with E-state index in [4.69, 9.17) is 16.1 Å². The lowest BCUT2D eigenvalue weighted by molar-refractivity contribution is -0.308. The number of amides is 1. The second-order valence-electron chi connectivity index (χ2n) is 1.80. The van der Waals surface area contributed by atoms with Gasteiger partial charge in [-0.25, -0.2) is 10.4 Å². The van der Waals surface area contributed by atoms with E-state index in [0.29, 0.717) is 0 Å². The van der Waals surface area contributed by atoms with Gasteiger partial charge in [0.25, 0.3) is 0 Å². The number of nitrogens with zero attached hydrogens (tertiary/aromatic N) is 3. The number of carbonyl (C=O) groups is 1. The molecule has 0 fully saturated rings. The maximum Gasteiger partial charge on any atom is 0.225 e. The minimum atomic E-state index is -0.464. The molecule has 4 N–H and O–H groups in total. The van der Waals surface area contributed by atoms with E-state index < -0.39 is 5.34 Å². The lowest BCUT2D eigenvalue weighted by Gasteiger charge is -2.13. The van der Waals surface area contributed by atoms with Crippen LogP contribution in [0.15, 0.2) is 5.10 Å². The Kier molecular flexibility index (Phi) is 3.28. The van der Waals surface area contributed by atoms with E-state index in [9.17, 15) is 4.79 Å². The number of rotatable bonds is 1. The van der Waals surface area contributed by atoms with Gasteiger partial charge < -0.3 is 5.73 Å². The molecule has 0 aliphatic heterocycles. The van der Waals surface area contributed by atoms with Crippen LogP contribution in [0, 0.1) is 0 Å². The number of carbonyl (C=O) groups excluding carboxylic acids is 1. The van der Waals surface area contributed by atoms with Gasteiger partial charge in [-0.3, -0.25) is 9.69 Å². The normalized spacial score (nSPS) is 11.1. The summed E-state index contributed by atoms with van der Waals surface area (Å²) in [6.07, 6.45) is 0. The molecule has 0 saturated carbocycles. The molecule has 0 radical (unpaired) electrons. The number of hydrazone groups is 1. The summed E-state index contributed by atoms with van der Waals surface area (Å²) in [5.41, 5.74) is 5.11. The number of guanidine groups is 1. The molecule has 0 rings (SSSR count). The summed E-state index contributed by atoms with van der Waals surface area (Å²) in [5, 5.41) is 18.8. The molecule has 0 atom stereocenters. The molecule has 64 valence electrons. The van der Waals surface area contributed by atoms with Gasteiger partial charge in [-0.05, 0) is 5.34 Å². The summed E-state index contributed by atoms with van der Waals surface area (Å²) in [6, 6.07) is 0. The molecule has 1 amide bonds. The molecule has 0 unspecified atom stereocenters. The van der Waals surface area contributed by atoms with Crippen LogP contribution in [0.5, 0.6) is 0 Å². The molecule has 0 bridgehead atoms. The average Bonchev–Trinajstić information content (AvgIpc) is 1.84. The van der Waals surface area contributed by atoms with Gasteiger partial charge in [0.2, 0.25) is 11.9 Å². The van der Waals surface area contributed by atoms with Gasteiger partial charge in [0.15, 0.2) is 0 Å². The molecule has 0 aliphatic carbocycles. The second-order valence-corrected chi connectivity index (χ2v) is 1.80. The smallest absolute Gasteiger partial charge is 0.225 e. The number of hydrogen-bond acceptors (Lipinski definition) is 5. The van der Waals surface area contributed by atoms with Gasteiger partial charge >= 0.3 is 0 Å². The number of nitrogens with two attached hydrogens (primary N) is 1. The zero-order valence-corrected chi connectivity index (χ0v) is 6.22. The van der Waals surface area contributed by atoms with Crippen molar-refractivity contribution in [2.24, 2.45) is 10.8 Å². The fraction of sp³-hybridized carbons (Fsp3) is 0.500. The van der Waals surface area contributed by atoms with E-state index in [2.05, 4.69) is 5.10 Å². The molecule has 11 heavy (non-hydrogen) atoms. The summed E-state index contributed by atoms with van der Waals surface area (Å²) >= 11 is 0.